The van der Waals surface area contributed by atoms with E-state index in [4.69, 9.17) is 16.6 Å². The van der Waals surface area contributed by atoms with Crippen molar-refractivity contribution in [3.8, 4) is 17.2 Å². The smallest absolute Gasteiger partial charge is 0.256 e. The second-order valence-corrected chi connectivity index (χ2v) is 10.1. The van der Waals surface area contributed by atoms with Gasteiger partial charge in [0.15, 0.2) is 17.0 Å². The van der Waals surface area contributed by atoms with Gasteiger partial charge in [-0.15, -0.1) is 5.10 Å². The van der Waals surface area contributed by atoms with Crippen molar-refractivity contribution in [2.24, 2.45) is 17.3 Å². The Kier molecular flexibility index (Phi) is 4.21. The quantitative estimate of drug-likeness (QED) is 0.307. The highest BCUT2D eigenvalue weighted by Gasteiger charge is 2.91. The summed E-state index contributed by atoms with van der Waals surface area (Å²) in [7, 11) is 3.28. The number of fused-ring (bicyclic) bond motifs is 4. The Labute approximate surface area is 209 Å². The lowest BCUT2D eigenvalue weighted by Crippen LogP contribution is -2.45. The predicted molar refractivity (Wildman–Crippen MR) is 128 cm³/mol. The maximum absolute atomic E-state index is 12.5. The van der Waals surface area contributed by atoms with E-state index < -0.39 is 23.2 Å². The Morgan fingerprint density at radius 1 is 1.25 bits per heavy atom. The first-order valence-corrected chi connectivity index (χ1v) is 12.0. The van der Waals surface area contributed by atoms with Crippen molar-refractivity contribution in [2.75, 3.05) is 19.4 Å². The highest BCUT2D eigenvalue weighted by molar-refractivity contribution is 6.33. The maximum atomic E-state index is 12.5. The number of amides is 1. The molecule has 7 rings (SSSR count). The van der Waals surface area contributed by atoms with E-state index in [9.17, 15) is 15.0 Å². The van der Waals surface area contributed by atoms with Gasteiger partial charge in [-0.05, 0) is 18.4 Å². The van der Waals surface area contributed by atoms with Crippen molar-refractivity contribution in [2.45, 2.75) is 24.2 Å². The molecule has 3 fully saturated rings. The zero-order chi connectivity index (χ0) is 25.0. The zero-order valence-electron chi connectivity index (χ0n) is 19.3. The minimum Gasteiger partial charge on any atom is -0.389 e. The van der Waals surface area contributed by atoms with Gasteiger partial charge < -0.3 is 25.4 Å². The number of rotatable bonds is 5. The molecule has 0 bridgehead atoms. The Morgan fingerprint density at radius 3 is 2.75 bits per heavy atom. The van der Waals surface area contributed by atoms with E-state index in [-0.39, 0.29) is 23.7 Å². The van der Waals surface area contributed by atoms with Crippen molar-refractivity contribution < 1.29 is 15.0 Å². The second-order valence-electron chi connectivity index (χ2n) is 9.67. The number of aliphatic hydroxyl groups excluding tert-OH is 1. The molecular weight excluding hydrogens is 486 g/mol. The van der Waals surface area contributed by atoms with Crippen LogP contribution >= 0.6 is 11.6 Å². The number of hydrogen-bond donors (Lipinski definition) is 4. The summed E-state index contributed by atoms with van der Waals surface area (Å²) >= 11 is 6.31. The first-order valence-electron chi connectivity index (χ1n) is 11.6. The number of imidazole rings is 1. The van der Waals surface area contributed by atoms with Crippen LogP contribution in [0.5, 0.6) is 0 Å². The average Bonchev–Trinajstić information content (AvgIpc) is 3.54. The third-order valence-corrected chi connectivity index (χ3v) is 8.43. The van der Waals surface area contributed by atoms with Crippen LogP contribution in [0.1, 0.15) is 12.5 Å². The highest BCUT2D eigenvalue weighted by Crippen LogP contribution is 2.82. The van der Waals surface area contributed by atoms with Gasteiger partial charge in [0.2, 0.25) is 5.91 Å². The molecule has 6 atom stereocenters. The second kappa shape index (κ2) is 6.99. The van der Waals surface area contributed by atoms with Gasteiger partial charge >= 0.3 is 0 Å². The summed E-state index contributed by atoms with van der Waals surface area (Å²) in [5.41, 5.74) is -0.0332. The van der Waals surface area contributed by atoms with Gasteiger partial charge in [0, 0.05) is 25.6 Å². The van der Waals surface area contributed by atoms with Crippen LogP contribution in [-0.4, -0.2) is 76.4 Å². The SMILES string of the molecule is CNC(=O)C12CC1[C@H]1C(n3cnc4c(NC)nc(-n5cc(-c6ccccc6Cl)nn5)nc43)[C@@]1(O)[C@@H]2O. The fourth-order valence-corrected chi connectivity index (χ4v) is 6.55. The molecule has 3 aliphatic carbocycles. The number of carbonyl (C=O) groups is 1. The lowest BCUT2D eigenvalue weighted by molar-refractivity contribution is -0.134. The van der Waals surface area contributed by atoms with Gasteiger partial charge in [0.1, 0.15) is 11.3 Å². The number of aliphatic hydroxyl groups is 2. The standard InChI is InChI=1S/C23H22ClN9O3/c1-25-17-15-18(29-21(28-17)33-8-13(30-31-33)10-5-3-4-6-12(10)24)32(9-27-15)16-14-11-7-22(11,20(35)26-2)19(34)23(14,16)36/h3-6,8-9,11,14,16,19,34,36H,7H2,1-2H3,(H,26,35)(H,25,28,29)/t11?,14-,16?,19+,22?,23+/m0/s1. The molecule has 1 aromatic carbocycles. The van der Waals surface area contributed by atoms with Gasteiger partial charge in [-0.25, -0.2) is 4.98 Å². The third kappa shape index (κ3) is 2.50. The number of nitrogens with zero attached hydrogens (tertiary/aromatic N) is 7. The molecule has 3 aliphatic rings. The average molecular weight is 508 g/mol. The molecule has 0 radical (unpaired) electrons. The van der Waals surface area contributed by atoms with Crippen LogP contribution in [0.25, 0.3) is 28.4 Å². The summed E-state index contributed by atoms with van der Waals surface area (Å²) in [6.45, 7) is 0. The number of aromatic nitrogens is 7. The fourth-order valence-electron chi connectivity index (χ4n) is 6.32. The van der Waals surface area contributed by atoms with Gasteiger partial charge in [-0.1, -0.05) is 35.0 Å². The molecule has 0 aliphatic heterocycles. The van der Waals surface area contributed by atoms with Crippen LogP contribution in [0.4, 0.5) is 5.82 Å². The number of anilines is 1. The molecule has 0 spiro atoms. The minimum absolute atomic E-state index is 0.0986. The van der Waals surface area contributed by atoms with Crippen molar-refractivity contribution in [1.29, 1.82) is 0 Å². The molecular formula is C23H22ClN9O3. The molecule has 13 heteroatoms. The molecule has 4 aromatic rings. The van der Waals surface area contributed by atoms with E-state index in [0.29, 0.717) is 34.1 Å². The number of benzene rings is 1. The van der Waals surface area contributed by atoms with E-state index in [1.54, 1.807) is 37.3 Å². The maximum Gasteiger partial charge on any atom is 0.256 e. The molecule has 184 valence electrons. The van der Waals surface area contributed by atoms with Gasteiger partial charge in [-0.2, -0.15) is 14.6 Å². The molecule has 4 N–H and O–H groups in total. The minimum atomic E-state index is -1.42. The number of hydrogen-bond acceptors (Lipinski definition) is 9. The van der Waals surface area contributed by atoms with Crippen LogP contribution in [0.15, 0.2) is 36.8 Å². The van der Waals surface area contributed by atoms with Crippen molar-refractivity contribution >= 4 is 34.5 Å². The molecule has 3 heterocycles. The zero-order valence-corrected chi connectivity index (χ0v) is 20.0. The fraction of sp³-hybridized carbons (Fsp3) is 0.391. The summed E-state index contributed by atoms with van der Waals surface area (Å²) in [6, 6.07) is 6.88. The van der Waals surface area contributed by atoms with Gasteiger partial charge in [0.05, 0.1) is 35.1 Å². The summed E-state index contributed by atoms with van der Waals surface area (Å²) in [4.78, 5) is 26.2. The first-order chi connectivity index (χ1) is 17.4. The predicted octanol–water partition coefficient (Wildman–Crippen LogP) is 0.798. The highest BCUT2D eigenvalue weighted by atomic mass is 35.5. The van der Waals surface area contributed by atoms with Crippen LogP contribution < -0.4 is 10.6 Å². The van der Waals surface area contributed by atoms with Gasteiger partial charge in [-0.3, -0.25) is 4.79 Å². The Morgan fingerprint density at radius 2 is 2.06 bits per heavy atom. The van der Waals surface area contributed by atoms with Crippen LogP contribution in [0.2, 0.25) is 5.02 Å². The summed E-state index contributed by atoms with van der Waals surface area (Å²) < 4.78 is 3.22. The molecule has 3 unspecified atom stereocenters. The summed E-state index contributed by atoms with van der Waals surface area (Å²) in [6.07, 6.45) is 2.67. The van der Waals surface area contributed by atoms with E-state index >= 15 is 0 Å². The molecule has 3 saturated carbocycles. The number of nitrogens with one attached hydrogen (secondary N) is 2. The van der Waals surface area contributed by atoms with Crippen molar-refractivity contribution in [3.63, 3.8) is 0 Å². The van der Waals surface area contributed by atoms with Crippen molar-refractivity contribution in [1.82, 2.24) is 39.8 Å². The molecule has 0 saturated heterocycles. The summed E-state index contributed by atoms with van der Waals surface area (Å²) in [5, 5.41) is 37.1. The van der Waals surface area contributed by atoms with E-state index in [1.807, 2.05) is 18.2 Å². The Balaban J connectivity index is 1.29. The van der Waals surface area contributed by atoms with Crippen molar-refractivity contribution in [3.05, 3.63) is 41.8 Å². The molecule has 12 nitrogen and oxygen atoms in total. The van der Waals surface area contributed by atoms with Crippen LogP contribution in [-0.2, 0) is 4.79 Å². The lowest BCUT2D eigenvalue weighted by Gasteiger charge is -2.25. The number of carbonyl (C=O) groups excluding carboxylic acids is 1. The normalized spacial score (nSPS) is 31.7. The van der Waals surface area contributed by atoms with E-state index in [1.165, 1.54) is 4.68 Å². The molecule has 3 aromatic heterocycles. The summed E-state index contributed by atoms with van der Waals surface area (Å²) in [5.74, 6) is 0.143. The van der Waals surface area contributed by atoms with Crippen LogP contribution in [0, 0.1) is 17.3 Å². The van der Waals surface area contributed by atoms with E-state index in [0.717, 1.165) is 5.56 Å². The topological polar surface area (TPSA) is 156 Å². The molecule has 36 heavy (non-hydrogen) atoms. The molecule has 1 amide bonds. The van der Waals surface area contributed by atoms with Gasteiger partial charge in [0.25, 0.3) is 5.95 Å². The monoisotopic (exact) mass is 507 g/mol. The van der Waals surface area contributed by atoms with Crippen LogP contribution in [0.3, 0.4) is 0 Å². The Bertz CT molecular complexity index is 1570. The largest absolute Gasteiger partial charge is 0.389 e. The Hall–Kier alpha value is -3.61. The first kappa shape index (κ1) is 21.7. The number of halogens is 1. The lowest BCUT2D eigenvalue weighted by atomic mass is 9.93. The third-order valence-electron chi connectivity index (χ3n) is 8.10. The van der Waals surface area contributed by atoms with E-state index in [2.05, 4.69) is 30.9 Å².